The van der Waals surface area contributed by atoms with Crippen molar-refractivity contribution in [1.82, 2.24) is 19.2 Å². The van der Waals surface area contributed by atoms with Crippen LogP contribution in [0.4, 0.5) is 5.95 Å². The van der Waals surface area contributed by atoms with Gasteiger partial charge in [0.25, 0.3) is 0 Å². The van der Waals surface area contributed by atoms with Gasteiger partial charge in [0.1, 0.15) is 0 Å². The number of sulfonamides is 1. The molecule has 0 radical (unpaired) electrons. The molecule has 1 aromatic heterocycles. The van der Waals surface area contributed by atoms with E-state index in [9.17, 15) is 13.2 Å². The van der Waals surface area contributed by atoms with Gasteiger partial charge in [-0.15, -0.1) is 0 Å². The van der Waals surface area contributed by atoms with Crippen molar-refractivity contribution in [3.8, 4) is 0 Å². The van der Waals surface area contributed by atoms with Crippen LogP contribution in [-0.4, -0.2) is 72.5 Å². The van der Waals surface area contributed by atoms with Gasteiger partial charge in [0, 0.05) is 50.5 Å². The molecule has 0 aromatic carbocycles. The molecule has 23 heavy (non-hydrogen) atoms. The largest absolute Gasteiger partial charge is 0.354 e. The van der Waals surface area contributed by atoms with Crippen molar-refractivity contribution in [1.29, 1.82) is 0 Å². The number of anilines is 1. The lowest BCUT2D eigenvalue weighted by Gasteiger charge is -2.33. The number of piperazine rings is 1. The lowest BCUT2D eigenvalue weighted by molar-refractivity contribution is -0.132. The Kier molecular flexibility index (Phi) is 5.53. The number of carbonyl (C=O) groups is 1. The highest BCUT2D eigenvalue weighted by molar-refractivity contribution is 7.88. The van der Waals surface area contributed by atoms with Crippen molar-refractivity contribution in [3.05, 3.63) is 17.5 Å². The van der Waals surface area contributed by atoms with E-state index in [1.807, 2.05) is 19.9 Å². The van der Waals surface area contributed by atoms with Gasteiger partial charge in [-0.05, 0) is 19.9 Å². The van der Waals surface area contributed by atoms with Crippen LogP contribution in [0.1, 0.15) is 17.8 Å². The third kappa shape index (κ3) is 5.14. The third-order valence-corrected chi connectivity index (χ3v) is 4.97. The van der Waals surface area contributed by atoms with Gasteiger partial charge in [0.05, 0.1) is 6.26 Å². The molecule has 1 aliphatic heterocycles. The van der Waals surface area contributed by atoms with E-state index in [2.05, 4.69) is 15.3 Å². The van der Waals surface area contributed by atoms with Crippen LogP contribution in [0, 0.1) is 13.8 Å². The smallest absolute Gasteiger partial charge is 0.224 e. The van der Waals surface area contributed by atoms with Crippen molar-refractivity contribution < 1.29 is 13.2 Å². The van der Waals surface area contributed by atoms with E-state index in [1.54, 1.807) is 4.90 Å². The first kappa shape index (κ1) is 17.6. The Labute approximate surface area is 137 Å². The van der Waals surface area contributed by atoms with E-state index >= 15 is 0 Å². The first-order valence-electron chi connectivity index (χ1n) is 7.55. The standard InChI is InChI=1S/C14H23N5O3S/c1-11-10-12(2)17-14(16-11)15-5-4-13(20)18-6-8-19(9-7-18)23(3,21)22/h10H,4-9H2,1-3H3,(H,15,16,17). The normalized spacial score (nSPS) is 16.4. The fourth-order valence-corrected chi connectivity index (χ4v) is 3.34. The molecule has 0 aliphatic carbocycles. The number of aromatic nitrogens is 2. The molecule has 1 saturated heterocycles. The third-order valence-electron chi connectivity index (χ3n) is 3.66. The number of hydrogen-bond acceptors (Lipinski definition) is 6. The first-order chi connectivity index (χ1) is 10.8. The van der Waals surface area contributed by atoms with Crippen LogP contribution >= 0.6 is 0 Å². The minimum atomic E-state index is -3.17. The fraction of sp³-hybridized carbons (Fsp3) is 0.643. The Bertz CT molecular complexity index is 649. The number of rotatable bonds is 5. The molecule has 1 amide bonds. The van der Waals surface area contributed by atoms with Crippen LogP contribution in [0.2, 0.25) is 0 Å². The van der Waals surface area contributed by atoms with Gasteiger partial charge >= 0.3 is 0 Å². The Morgan fingerprint density at radius 1 is 1.17 bits per heavy atom. The summed E-state index contributed by atoms with van der Waals surface area (Å²) in [6.45, 7) is 5.83. The summed E-state index contributed by atoms with van der Waals surface area (Å²) < 4.78 is 24.3. The minimum Gasteiger partial charge on any atom is -0.354 e. The molecule has 8 nitrogen and oxygen atoms in total. The summed E-state index contributed by atoms with van der Waals surface area (Å²) in [4.78, 5) is 22.4. The average molecular weight is 341 g/mol. The second-order valence-corrected chi connectivity index (χ2v) is 7.68. The maximum absolute atomic E-state index is 12.2. The monoisotopic (exact) mass is 341 g/mol. The molecule has 2 heterocycles. The molecule has 2 rings (SSSR count). The van der Waals surface area contributed by atoms with Crippen LogP contribution in [0.3, 0.4) is 0 Å². The highest BCUT2D eigenvalue weighted by Crippen LogP contribution is 2.08. The van der Waals surface area contributed by atoms with E-state index in [1.165, 1.54) is 10.6 Å². The van der Waals surface area contributed by atoms with Crippen molar-refractivity contribution in [2.75, 3.05) is 44.3 Å². The lowest BCUT2D eigenvalue weighted by atomic mass is 10.3. The minimum absolute atomic E-state index is 0.00928. The SMILES string of the molecule is Cc1cc(C)nc(NCCC(=O)N2CCN(S(C)(=O)=O)CC2)n1. The maximum Gasteiger partial charge on any atom is 0.224 e. The van der Waals surface area contributed by atoms with Gasteiger partial charge in [0.15, 0.2) is 0 Å². The fourth-order valence-electron chi connectivity index (χ4n) is 2.51. The number of amides is 1. The summed E-state index contributed by atoms with van der Waals surface area (Å²) >= 11 is 0. The molecular formula is C14H23N5O3S. The van der Waals surface area contributed by atoms with Crippen molar-refractivity contribution >= 4 is 21.9 Å². The van der Waals surface area contributed by atoms with Gasteiger partial charge in [-0.2, -0.15) is 4.31 Å². The van der Waals surface area contributed by atoms with Crippen LogP contribution < -0.4 is 5.32 Å². The molecule has 0 unspecified atom stereocenters. The van der Waals surface area contributed by atoms with Crippen LogP contribution in [0.5, 0.6) is 0 Å². The number of hydrogen-bond donors (Lipinski definition) is 1. The van der Waals surface area contributed by atoms with Crippen LogP contribution in [-0.2, 0) is 14.8 Å². The molecule has 0 atom stereocenters. The van der Waals surface area contributed by atoms with Crippen molar-refractivity contribution in [3.63, 3.8) is 0 Å². The number of nitrogens with one attached hydrogen (secondary N) is 1. The summed E-state index contributed by atoms with van der Waals surface area (Å²) in [5.41, 5.74) is 1.76. The van der Waals surface area contributed by atoms with Gasteiger partial charge in [0.2, 0.25) is 21.9 Å². The van der Waals surface area contributed by atoms with Crippen molar-refractivity contribution in [2.45, 2.75) is 20.3 Å². The van der Waals surface area contributed by atoms with E-state index in [-0.39, 0.29) is 5.91 Å². The highest BCUT2D eigenvalue weighted by atomic mass is 32.2. The molecule has 1 N–H and O–H groups in total. The molecule has 0 saturated carbocycles. The molecule has 1 aliphatic rings. The van der Waals surface area contributed by atoms with E-state index in [4.69, 9.17) is 0 Å². The quantitative estimate of drug-likeness (QED) is 0.810. The Balaban J connectivity index is 1.77. The molecule has 0 bridgehead atoms. The van der Waals surface area contributed by atoms with Crippen LogP contribution in [0.15, 0.2) is 6.07 Å². The predicted octanol–water partition coefficient (Wildman–Crippen LogP) is -0.000760. The first-order valence-corrected chi connectivity index (χ1v) is 9.39. The molecule has 128 valence electrons. The molecule has 1 aromatic rings. The highest BCUT2D eigenvalue weighted by Gasteiger charge is 2.25. The predicted molar refractivity (Wildman–Crippen MR) is 87.6 cm³/mol. The van der Waals surface area contributed by atoms with Gasteiger partial charge in [-0.3, -0.25) is 4.79 Å². The Morgan fingerprint density at radius 2 is 1.74 bits per heavy atom. The van der Waals surface area contributed by atoms with E-state index in [0.717, 1.165) is 11.4 Å². The maximum atomic E-state index is 12.2. The molecule has 1 fully saturated rings. The van der Waals surface area contributed by atoms with Gasteiger partial charge in [-0.25, -0.2) is 18.4 Å². The zero-order valence-electron chi connectivity index (χ0n) is 13.7. The van der Waals surface area contributed by atoms with Crippen molar-refractivity contribution in [2.24, 2.45) is 0 Å². The summed E-state index contributed by atoms with van der Waals surface area (Å²) in [5, 5.41) is 3.05. The zero-order chi connectivity index (χ0) is 17.0. The molecular weight excluding hydrogens is 318 g/mol. The Hall–Kier alpha value is -1.74. The second kappa shape index (κ2) is 7.22. The number of carbonyl (C=O) groups excluding carboxylic acids is 1. The summed E-state index contributed by atoms with van der Waals surface area (Å²) in [6.07, 6.45) is 1.52. The zero-order valence-corrected chi connectivity index (χ0v) is 14.6. The topological polar surface area (TPSA) is 95.5 Å². The number of aryl methyl sites for hydroxylation is 2. The van der Waals surface area contributed by atoms with E-state index < -0.39 is 10.0 Å². The average Bonchev–Trinajstić information content (AvgIpc) is 2.45. The summed E-state index contributed by atoms with van der Waals surface area (Å²) in [5.74, 6) is 0.534. The van der Waals surface area contributed by atoms with Gasteiger partial charge in [-0.1, -0.05) is 0 Å². The molecule has 0 spiro atoms. The Morgan fingerprint density at radius 3 is 2.26 bits per heavy atom. The van der Waals surface area contributed by atoms with E-state index in [0.29, 0.717) is 45.1 Å². The summed E-state index contributed by atoms with van der Waals surface area (Å²) in [6, 6.07) is 1.89. The van der Waals surface area contributed by atoms with Gasteiger partial charge < -0.3 is 10.2 Å². The number of nitrogens with zero attached hydrogens (tertiary/aromatic N) is 4. The summed E-state index contributed by atoms with van der Waals surface area (Å²) in [7, 11) is -3.17. The van der Waals surface area contributed by atoms with Crippen LogP contribution in [0.25, 0.3) is 0 Å². The molecule has 9 heteroatoms. The second-order valence-electron chi connectivity index (χ2n) is 5.69. The lowest BCUT2D eigenvalue weighted by Crippen LogP contribution is -2.50.